The van der Waals surface area contributed by atoms with Crippen molar-refractivity contribution in [1.82, 2.24) is 42.5 Å². The Hall–Kier alpha value is -12.0. The molecule has 8 amide bonds. The standard InChI is InChI=1S/C89H99Cl2N9O33/c1-34(2)9-7-5-4-6-8-10-61(109)95-69-75(114)72(111)59(32-102)130-88(69)133-79-56-26-41-27-57(79)127-53-18-14-39(24-48(53)91)78(132-87-68(93-35(3)104)74(113)71(110)58(31-101)129-87)70-85(122)99-67(86(123)124)46-29-43(106)30-55(128-89-77(116)76(115)73(112)60(33-103)131-89)62(46)45-23-38(13-15-50(45)107)64(82(119)100-70)97-84(121)66(41)98-83(120)65-40-21-42(105)28-44(22-40)125-54-25-37(12-16-51(54)108)63(92)81(118)94-49(80(117)96-65)20-36-11-17-52(126-56)47(90)19-36/h11-19,21-30,34,49,58-60,63-78,87-89,101-103,105-108,110-116H,4-10,20,31-33,92H2,1-3H3,(H,93,104)(H,94,118)(H,95,109)(H,96,117)(H,97,121)(H,98,120)(H,99,122)(H,100,119)(H,123,124)/t49-,58-,59-,60-,63+,64-,65+,66-,67-,68-,69-,70+,71-,72-,73-,74-,75-,76+,77+,78-,87+,88+,89+/m1/s1. The molecule has 133 heavy (non-hydrogen) atoms. The second kappa shape index (κ2) is 41.2. The Kier molecular flexibility index (Phi) is 30.0. The van der Waals surface area contributed by atoms with E-state index < -0.39 is 316 Å². The van der Waals surface area contributed by atoms with Crippen LogP contribution in [-0.4, -0.2) is 254 Å². The van der Waals surface area contributed by atoms with Gasteiger partial charge in [-0.1, -0.05) is 93.4 Å². The van der Waals surface area contributed by atoms with Crippen LogP contribution in [0.15, 0.2) is 115 Å². The third kappa shape index (κ3) is 21.3. The SMILES string of the molecule is CC(=O)N[C@H]1[C@H](O[C@@H]2c3ccc(c(Cl)c3)Oc3cc4cc(c3O[C@@H]3O[C@H](CO)[C@@H](O)[C@H](O)[C@H]3NC(=O)CCCCCCCC(C)C)Oc3ccc(cc3Cl)C[C@H]3NC(=O)[C@@H](N)c5ccc(O)c(c5)Oc5cc(O)cc(c5)[C@H](NC3=O)C(=O)N[C@H]4C(=O)N[C@H]3C(=O)N[C@@H]2C(=O)N[C@@H](C(=O)O)c2cc(O)cc(O[C@H]4O[C@H](CO)[C@@H](O)[C@H](O)[C@@H]4O)c2-c2cc3ccc2O)O[C@H](CO)[C@@H](O)[C@@H]1O. The molecule has 0 spiro atoms. The molecule has 17 bridgehead atoms. The lowest BCUT2D eigenvalue weighted by Gasteiger charge is -2.44. The summed E-state index contributed by atoms with van der Waals surface area (Å²) in [6.45, 7) is 2.03. The number of nitrogens with one attached hydrogen (secondary N) is 8. The highest BCUT2D eigenvalue weighted by Crippen LogP contribution is 2.51. The van der Waals surface area contributed by atoms with E-state index in [4.69, 9.17) is 71.6 Å². The minimum Gasteiger partial charge on any atom is -0.508 e. The molecular weight excluding hydrogens is 1790 g/mol. The molecule has 0 unspecified atom stereocenters. The van der Waals surface area contributed by atoms with Crippen molar-refractivity contribution >= 4 is 76.4 Å². The number of carboxylic acids is 1. The topological polar surface area (TPSA) is 662 Å². The predicted octanol–water partition coefficient (Wildman–Crippen LogP) is 1.41. The van der Waals surface area contributed by atoms with Gasteiger partial charge in [-0.25, -0.2) is 4.79 Å². The fourth-order valence-corrected chi connectivity index (χ4v) is 17.1. The molecule has 7 aromatic rings. The number of halogens is 2. The number of nitrogens with two attached hydrogens (primary N) is 1. The number of rotatable bonds is 20. The molecule has 712 valence electrons. The fraction of sp³-hybridized carbons (Fsp3) is 0.427. The molecule has 0 aromatic heterocycles. The van der Waals surface area contributed by atoms with E-state index in [1.807, 2.05) is 0 Å². The summed E-state index contributed by atoms with van der Waals surface area (Å²) < 4.78 is 57.5. The molecule has 9 heterocycles. The summed E-state index contributed by atoms with van der Waals surface area (Å²) in [7, 11) is 0. The summed E-state index contributed by atoms with van der Waals surface area (Å²) in [5, 5.41) is 190. The van der Waals surface area contributed by atoms with Gasteiger partial charge < -0.3 is 167 Å². The molecular formula is C89H99Cl2N9O33. The van der Waals surface area contributed by atoms with E-state index in [2.05, 4.69) is 56.4 Å². The Morgan fingerprint density at radius 2 is 1.05 bits per heavy atom. The first-order valence-corrected chi connectivity index (χ1v) is 43.2. The molecule has 44 heteroatoms. The van der Waals surface area contributed by atoms with Crippen LogP contribution in [0, 0.1) is 5.92 Å². The van der Waals surface area contributed by atoms with Crippen molar-refractivity contribution < 1.29 is 162 Å². The first-order valence-electron chi connectivity index (χ1n) is 42.5. The van der Waals surface area contributed by atoms with Crippen molar-refractivity contribution in [2.24, 2.45) is 11.7 Å². The van der Waals surface area contributed by atoms with Crippen molar-refractivity contribution in [1.29, 1.82) is 0 Å². The van der Waals surface area contributed by atoms with Gasteiger partial charge in [0.05, 0.1) is 29.9 Å². The van der Waals surface area contributed by atoms with Crippen LogP contribution >= 0.6 is 23.2 Å². The molecule has 9 aliphatic heterocycles. The Balaban J connectivity index is 1.03. The number of aromatic hydroxyl groups is 4. The molecule has 25 N–H and O–H groups in total. The Morgan fingerprint density at radius 1 is 0.496 bits per heavy atom. The van der Waals surface area contributed by atoms with Crippen molar-refractivity contribution in [2.45, 2.75) is 213 Å². The second-order valence-electron chi connectivity index (χ2n) is 33.5. The van der Waals surface area contributed by atoms with Crippen LogP contribution in [0.3, 0.4) is 0 Å². The molecule has 3 fully saturated rings. The van der Waals surface area contributed by atoms with Gasteiger partial charge in [-0.15, -0.1) is 0 Å². The van der Waals surface area contributed by atoms with Crippen LogP contribution in [0.1, 0.15) is 141 Å². The highest BCUT2D eigenvalue weighted by atomic mass is 35.5. The van der Waals surface area contributed by atoms with Gasteiger partial charge in [-0.3, -0.25) is 38.4 Å². The van der Waals surface area contributed by atoms with Gasteiger partial charge in [0.15, 0.2) is 35.3 Å². The lowest BCUT2D eigenvalue weighted by atomic mass is 9.89. The number of carboxylic acid groups (broad SMARTS) is 1. The van der Waals surface area contributed by atoms with Crippen LogP contribution in [0.5, 0.6) is 69.0 Å². The molecule has 42 nitrogen and oxygen atoms in total. The zero-order valence-electron chi connectivity index (χ0n) is 71.0. The summed E-state index contributed by atoms with van der Waals surface area (Å²) in [5.74, 6) is -19.1. The van der Waals surface area contributed by atoms with Gasteiger partial charge in [0.25, 0.3) is 0 Å². The number of hydrogen-bond acceptors (Lipinski definition) is 33. The molecule has 0 saturated carbocycles. The number of phenols is 4. The van der Waals surface area contributed by atoms with Crippen LogP contribution < -0.4 is 72.0 Å². The molecule has 23 atom stereocenters. The number of aliphatic carboxylic acids is 1. The molecule has 3 saturated heterocycles. The molecule has 16 rings (SSSR count). The zero-order chi connectivity index (χ0) is 95.6. The van der Waals surface area contributed by atoms with Gasteiger partial charge in [0.2, 0.25) is 65.6 Å². The minimum atomic E-state index is -2.59. The smallest absolute Gasteiger partial charge is 0.330 e. The number of unbranched alkanes of at least 4 members (excludes halogenated alkanes) is 4. The average molecular weight is 1890 g/mol. The molecule has 9 aliphatic rings. The predicted molar refractivity (Wildman–Crippen MR) is 458 cm³/mol. The number of aliphatic hydroxyl groups is 10. The summed E-state index contributed by atoms with van der Waals surface area (Å²) >= 11 is 14.7. The molecule has 0 radical (unpaired) electrons. The van der Waals surface area contributed by atoms with Crippen molar-refractivity contribution in [3.63, 3.8) is 0 Å². The van der Waals surface area contributed by atoms with Gasteiger partial charge in [0, 0.05) is 48.6 Å². The largest absolute Gasteiger partial charge is 0.508 e. The summed E-state index contributed by atoms with van der Waals surface area (Å²) in [5.41, 5.74) is 2.80. The highest BCUT2D eigenvalue weighted by molar-refractivity contribution is 6.32. The number of aliphatic hydroxyl groups excluding tert-OH is 10. The maximum absolute atomic E-state index is 17.0. The average Bonchev–Trinajstić information content (AvgIpc) is 0.755. The zero-order valence-corrected chi connectivity index (χ0v) is 72.5. The lowest BCUT2D eigenvalue weighted by Crippen LogP contribution is -2.65. The van der Waals surface area contributed by atoms with Crippen LogP contribution in [0.2, 0.25) is 10.0 Å². The highest BCUT2D eigenvalue weighted by Gasteiger charge is 2.52. The number of hydrogen-bond donors (Lipinski definition) is 24. The normalized spacial score (nSPS) is 28.8. The number of amides is 8. The number of benzene rings is 7. The maximum Gasteiger partial charge on any atom is 0.330 e. The monoisotopic (exact) mass is 1890 g/mol. The van der Waals surface area contributed by atoms with E-state index in [1.165, 1.54) is 30.3 Å². The van der Waals surface area contributed by atoms with Crippen molar-refractivity contribution in [3.05, 3.63) is 164 Å². The summed E-state index contributed by atoms with van der Waals surface area (Å²) in [6.07, 6.45) is -24.9. The maximum atomic E-state index is 17.0. The van der Waals surface area contributed by atoms with Crippen molar-refractivity contribution in [3.8, 4) is 80.1 Å². The van der Waals surface area contributed by atoms with Crippen LogP contribution in [0.4, 0.5) is 0 Å². The summed E-state index contributed by atoms with van der Waals surface area (Å²) in [6, 6.07) is 0.677. The van der Waals surface area contributed by atoms with Crippen LogP contribution in [0.25, 0.3) is 11.1 Å². The lowest BCUT2D eigenvalue weighted by molar-refractivity contribution is -0.284. The quantitative estimate of drug-likeness (QED) is 0.0480. The number of carbonyl (C=O) groups is 9. The Morgan fingerprint density at radius 3 is 1.68 bits per heavy atom. The molecule has 7 aromatic carbocycles. The number of fused-ring (bicyclic) bond motifs is 14. The van der Waals surface area contributed by atoms with Crippen molar-refractivity contribution in [2.75, 3.05) is 19.8 Å². The Bertz CT molecular complexity index is 5580. The van der Waals surface area contributed by atoms with Gasteiger partial charge >= 0.3 is 5.97 Å². The van der Waals surface area contributed by atoms with E-state index in [1.54, 1.807) is 0 Å². The van der Waals surface area contributed by atoms with Gasteiger partial charge in [-0.05, 0) is 125 Å². The Labute approximate surface area is 766 Å². The third-order valence-electron chi connectivity index (χ3n) is 23.6. The number of phenolic OH excluding ortho intramolecular Hbond substituents is 4. The van der Waals surface area contributed by atoms with E-state index in [0.29, 0.717) is 18.8 Å². The van der Waals surface area contributed by atoms with E-state index in [0.717, 1.165) is 118 Å². The van der Waals surface area contributed by atoms with E-state index >= 15 is 24.0 Å². The van der Waals surface area contributed by atoms with E-state index in [9.17, 15) is 95.8 Å². The minimum absolute atomic E-state index is 0.0270. The van der Waals surface area contributed by atoms with Gasteiger partial charge in [0.1, 0.15) is 156 Å². The first-order chi connectivity index (χ1) is 63.4. The van der Waals surface area contributed by atoms with Gasteiger partial charge in [-0.2, -0.15) is 0 Å². The number of ether oxygens (including phenoxy) is 9. The fourth-order valence-electron chi connectivity index (χ4n) is 16.6. The third-order valence-corrected chi connectivity index (χ3v) is 24.2. The number of carbonyl (C=O) groups excluding carboxylic acids is 8. The first kappa shape index (κ1) is 97.0. The molecule has 0 aliphatic carbocycles. The second-order valence-corrected chi connectivity index (χ2v) is 34.4. The van der Waals surface area contributed by atoms with Crippen LogP contribution in [-0.2, 0) is 68.5 Å². The summed E-state index contributed by atoms with van der Waals surface area (Å²) in [4.78, 5) is 138. The van der Waals surface area contributed by atoms with E-state index in [-0.39, 0.29) is 39.8 Å².